The lowest BCUT2D eigenvalue weighted by Crippen LogP contribution is -1.61. The van der Waals surface area contributed by atoms with Crippen LogP contribution in [0.25, 0.3) is 0 Å². The Kier molecular flexibility index (Phi) is 4.88. The summed E-state index contributed by atoms with van der Waals surface area (Å²) >= 11 is 0. The van der Waals surface area contributed by atoms with Crippen molar-refractivity contribution < 1.29 is 0 Å². The molecule has 13 heavy (non-hydrogen) atoms. The molecule has 0 unspecified atom stereocenters. The lowest BCUT2D eigenvalue weighted by molar-refractivity contribution is 1.20. The molecule has 0 aliphatic heterocycles. The number of aromatic nitrogens is 2. The first-order valence-corrected chi connectivity index (χ1v) is 4.09. The van der Waals surface area contributed by atoms with Gasteiger partial charge in [0, 0.05) is 12.4 Å². The Morgan fingerprint density at radius 1 is 0.692 bits per heavy atom. The van der Waals surface area contributed by atoms with Crippen LogP contribution in [0.2, 0.25) is 0 Å². The average molecular weight is 172 g/mol. The normalized spacial score (nSPS) is 8.00. The number of rotatable bonds is 0. The highest BCUT2D eigenvalue weighted by Gasteiger charge is 1.58. The second kappa shape index (κ2) is 6.85. The summed E-state index contributed by atoms with van der Waals surface area (Å²) in [5.74, 6) is 0. The molecule has 0 saturated heterocycles. The minimum Gasteiger partial charge on any atom is -0.353 e. The fraction of sp³-hybridized carbons (Fsp3) is 0. The minimum atomic E-state index is 1.62. The molecular weight excluding hydrogens is 160 g/mol. The quantitative estimate of drug-likeness (QED) is 0.640. The third-order valence-corrected chi connectivity index (χ3v) is 1.29. The van der Waals surface area contributed by atoms with E-state index in [1.165, 1.54) is 0 Å². The SMILES string of the molecule is c1ccccc[nH]cncccc1. The van der Waals surface area contributed by atoms with Crippen LogP contribution in [0.3, 0.4) is 0 Å². The van der Waals surface area contributed by atoms with Crippen molar-refractivity contribution in [2.75, 3.05) is 0 Å². The Labute approximate surface area is 77.9 Å². The van der Waals surface area contributed by atoms with E-state index in [1.54, 1.807) is 12.5 Å². The summed E-state index contributed by atoms with van der Waals surface area (Å²) in [4.78, 5) is 6.87. The standard InChI is InChI=1S/C11H12N2/c1-2-4-6-8-10-13-11-12-9-7-5-3-1/h1-11H,(H,12,13). The van der Waals surface area contributed by atoms with Crippen molar-refractivity contribution in [2.45, 2.75) is 0 Å². The lowest BCUT2D eigenvalue weighted by Gasteiger charge is -1.68. The van der Waals surface area contributed by atoms with E-state index in [2.05, 4.69) is 9.97 Å². The van der Waals surface area contributed by atoms with Crippen molar-refractivity contribution in [3.05, 3.63) is 67.3 Å². The van der Waals surface area contributed by atoms with Crippen molar-refractivity contribution in [3.8, 4) is 0 Å². The van der Waals surface area contributed by atoms with E-state index in [1.807, 2.05) is 54.7 Å². The molecule has 0 atom stereocenters. The van der Waals surface area contributed by atoms with Gasteiger partial charge in [-0.2, -0.15) is 0 Å². The van der Waals surface area contributed by atoms with Crippen LogP contribution in [0.4, 0.5) is 0 Å². The van der Waals surface area contributed by atoms with Crippen LogP contribution in [-0.4, -0.2) is 9.97 Å². The van der Waals surface area contributed by atoms with Crippen LogP contribution >= 0.6 is 0 Å². The lowest BCUT2D eigenvalue weighted by atomic mass is 10.4. The molecule has 0 spiro atoms. The summed E-state index contributed by atoms with van der Waals surface area (Å²) in [5.41, 5.74) is 0. The molecule has 66 valence electrons. The molecule has 0 saturated carbocycles. The second-order valence-electron chi connectivity index (χ2n) is 2.30. The highest BCUT2D eigenvalue weighted by atomic mass is 14.8. The molecule has 2 heteroatoms. The van der Waals surface area contributed by atoms with Gasteiger partial charge in [0.15, 0.2) is 0 Å². The third kappa shape index (κ3) is 5.44. The van der Waals surface area contributed by atoms with Gasteiger partial charge in [-0.25, -0.2) is 4.98 Å². The van der Waals surface area contributed by atoms with E-state index < -0.39 is 0 Å². The molecule has 0 fully saturated rings. The van der Waals surface area contributed by atoms with Gasteiger partial charge in [0.25, 0.3) is 0 Å². The van der Waals surface area contributed by atoms with Gasteiger partial charge in [0.2, 0.25) is 0 Å². The predicted octanol–water partition coefficient (Wildman–Crippen LogP) is 2.66. The smallest absolute Gasteiger partial charge is 0.0918 e. The largest absolute Gasteiger partial charge is 0.353 e. The summed E-state index contributed by atoms with van der Waals surface area (Å²) in [7, 11) is 0. The first kappa shape index (κ1) is 9.26. The van der Waals surface area contributed by atoms with Crippen LogP contribution in [0.1, 0.15) is 0 Å². The van der Waals surface area contributed by atoms with Crippen LogP contribution < -0.4 is 0 Å². The topological polar surface area (TPSA) is 28.7 Å². The van der Waals surface area contributed by atoms with Crippen molar-refractivity contribution in [1.29, 1.82) is 0 Å². The second-order valence-corrected chi connectivity index (χ2v) is 2.30. The van der Waals surface area contributed by atoms with E-state index in [-0.39, 0.29) is 0 Å². The Morgan fingerprint density at radius 3 is 2.08 bits per heavy atom. The van der Waals surface area contributed by atoms with Crippen LogP contribution in [0, 0.1) is 0 Å². The summed E-state index contributed by atoms with van der Waals surface area (Å²) in [6.07, 6.45) is 5.16. The van der Waals surface area contributed by atoms with E-state index in [9.17, 15) is 0 Å². The zero-order chi connectivity index (χ0) is 9.19. The van der Waals surface area contributed by atoms with Crippen molar-refractivity contribution in [2.24, 2.45) is 0 Å². The Bertz CT molecular complexity index is 202. The maximum absolute atomic E-state index is 3.97. The summed E-state index contributed by atoms with van der Waals surface area (Å²) < 4.78 is 0. The van der Waals surface area contributed by atoms with E-state index in [0.717, 1.165) is 0 Å². The predicted molar refractivity (Wildman–Crippen MR) is 53.8 cm³/mol. The number of hydrogen-bond donors (Lipinski definition) is 1. The van der Waals surface area contributed by atoms with Crippen LogP contribution in [0.15, 0.2) is 67.3 Å². The van der Waals surface area contributed by atoms with Gasteiger partial charge in [-0.1, -0.05) is 36.4 Å². The number of aromatic amines is 1. The Balaban J connectivity index is 3.02. The zero-order valence-electron chi connectivity index (χ0n) is 7.30. The Morgan fingerprint density at radius 2 is 1.31 bits per heavy atom. The molecule has 0 radical (unpaired) electrons. The maximum atomic E-state index is 3.97. The molecule has 0 aromatic carbocycles. The minimum absolute atomic E-state index is 1.62. The van der Waals surface area contributed by atoms with Gasteiger partial charge in [-0.15, -0.1) is 0 Å². The van der Waals surface area contributed by atoms with Gasteiger partial charge in [0.05, 0.1) is 6.33 Å². The van der Waals surface area contributed by atoms with E-state index >= 15 is 0 Å². The fourth-order valence-corrected chi connectivity index (χ4v) is 0.724. The van der Waals surface area contributed by atoms with Gasteiger partial charge in [-0.05, 0) is 12.1 Å². The maximum Gasteiger partial charge on any atom is 0.0918 e. The highest BCUT2D eigenvalue weighted by Crippen LogP contribution is 1.76. The Hall–Kier alpha value is -1.83. The molecular formula is C11H12N2. The fourth-order valence-electron chi connectivity index (χ4n) is 0.724. The van der Waals surface area contributed by atoms with Gasteiger partial charge >= 0.3 is 0 Å². The number of H-pyrrole nitrogens is 1. The molecule has 0 bridgehead atoms. The van der Waals surface area contributed by atoms with Crippen LogP contribution in [0.5, 0.6) is 0 Å². The molecule has 1 heterocycles. The third-order valence-electron chi connectivity index (χ3n) is 1.29. The van der Waals surface area contributed by atoms with Gasteiger partial charge in [0.1, 0.15) is 0 Å². The van der Waals surface area contributed by atoms with Crippen molar-refractivity contribution in [3.63, 3.8) is 0 Å². The zero-order valence-corrected chi connectivity index (χ0v) is 7.30. The summed E-state index contributed by atoms with van der Waals surface area (Å²) in [5, 5.41) is 0. The molecule has 2 nitrogen and oxygen atoms in total. The molecule has 0 aliphatic rings. The molecule has 1 aromatic rings. The summed E-state index contributed by atoms with van der Waals surface area (Å²) in [6, 6.07) is 15.5. The monoisotopic (exact) mass is 172 g/mol. The first-order valence-electron chi connectivity index (χ1n) is 4.09. The number of nitrogens with one attached hydrogen (secondary N) is 1. The highest BCUT2D eigenvalue weighted by molar-refractivity contribution is 4.94. The number of nitrogens with zero attached hydrogens (tertiary/aromatic N) is 1. The van der Waals surface area contributed by atoms with E-state index in [4.69, 9.17) is 0 Å². The van der Waals surface area contributed by atoms with Gasteiger partial charge in [-0.3, -0.25) is 0 Å². The van der Waals surface area contributed by atoms with E-state index in [0.29, 0.717) is 0 Å². The molecule has 1 aromatic heterocycles. The molecule has 1 rings (SSSR count). The molecule has 0 amide bonds. The van der Waals surface area contributed by atoms with Gasteiger partial charge < -0.3 is 4.98 Å². The molecule has 1 N–H and O–H groups in total. The number of hydrogen-bond acceptors (Lipinski definition) is 1. The first-order chi connectivity index (χ1) is 6.50. The van der Waals surface area contributed by atoms with Crippen molar-refractivity contribution in [1.82, 2.24) is 9.97 Å². The average Bonchev–Trinajstić information content (AvgIpc) is 2.18. The van der Waals surface area contributed by atoms with Crippen molar-refractivity contribution >= 4 is 0 Å². The summed E-state index contributed by atoms with van der Waals surface area (Å²) in [6.45, 7) is 0. The van der Waals surface area contributed by atoms with Crippen LogP contribution in [-0.2, 0) is 0 Å². The molecule has 0 aliphatic carbocycles.